The minimum atomic E-state index is -1.04. The molecule has 1 aromatic heterocycles. The molecule has 12 heteroatoms. The van der Waals surface area contributed by atoms with Crippen LogP contribution in [0, 0.1) is 0 Å². The van der Waals surface area contributed by atoms with Crippen LogP contribution < -0.4 is 5.32 Å². The Bertz CT molecular complexity index is 823. The minimum Gasteiger partial charge on any atom is -0.461 e. The van der Waals surface area contributed by atoms with E-state index in [4.69, 9.17) is 9.99 Å². The Morgan fingerprint density at radius 1 is 1.39 bits per heavy atom. The second-order valence-electron chi connectivity index (χ2n) is 5.90. The summed E-state index contributed by atoms with van der Waals surface area (Å²) in [5.41, 5.74) is 0.223. The SMILES string of the molecule is CC(=O)OCC1=C(C(=O)OO[OH2+])N2C(=O)C(NC(=O)Cc3cccs3)C2SC1. The number of thiophene rings is 1. The summed E-state index contributed by atoms with van der Waals surface area (Å²) in [6, 6.07) is 2.88. The molecule has 28 heavy (non-hydrogen) atoms. The third-order valence-corrected chi connectivity index (χ3v) is 6.26. The second-order valence-corrected chi connectivity index (χ2v) is 8.03. The van der Waals surface area contributed by atoms with Crippen LogP contribution in [0.25, 0.3) is 0 Å². The van der Waals surface area contributed by atoms with Gasteiger partial charge in [-0.05, 0) is 11.4 Å². The molecule has 10 nitrogen and oxygen atoms in total. The Morgan fingerprint density at radius 3 is 2.82 bits per heavy atom. The van der Waals surface area contributed by atoms with E-state index in [0.29, 0.717) is 5.57 Å². The number of carbonyl (C=O) groups excluding carboxylic acids is 4. The number of hydrogen-bond donors (Lipinski definition) is 1. The van der Waals surface area contributed by atoms with Crippen molar-refractivity contribution in [3.05, 3.63) is 33.7 Å². The fraction of sp³-hybridized carbons (Fsp3) is 0.375. The first-order chi connectivity index (χ1) is 13.4. The van der Waals surface area contributed by atoms with Crippen molar-refractivity contribution < 1.29 is 39.1 Å². The molecule has 150 valence electrons. The number of hydrogen-bond acceptors (Lipinski definition) is 9. The molecule has 2 atom stereocenters. The number of rotatable bonds is 7. The van der Waals surface area contributed by atoms with Crippen LogP contribution in [0.5, 0.6) is 0 Å². The van der Waals surface area contributed by atoms with E-state index in [0.717, 1.165) is 4.88 Å². The molecule has 0 aromatic carbocycles. The molecule has 2 aliphatic heterocycles. The van der Waals surface area contributed by atoms with Gasteiger partial charge in [-0.3, -0.25) is 19.3 Å². The zero-order valence-corrected chi connectivity index (χ0v) is 16.3. The largest absolute Gasteiger partial charge is 0.461 e. The lowest BCUT2D eigenvalue weighted by atomic mass is 10.0. The lowest BCUT2D eigenvalue weighted by molar-refractivity contribution is -0.461. The van der Waals surface area contributed by atoms with E-state index in [2.05, 4.69) is 15.2 Å². The molecular weight excluding hydrogens is 412 g/mol. The fourth-order valence-electron chi connectivity index (χ4n) is 2.84. The summed E-state index contributed by atoms with van der Waals surface area (Å²) in [5.74, 6) is -2.10. The first-order valence-electron chi connectivity index (χ1n) is 8.08. The van der Waals surface area contributed by atoms with Crippen molar-refractivity contribution in [2.24, 2.45) is 0 Å². The van der Waals surface area contributed by atoms with Gasteiger partial charge < -0.3 is 10.1 Å². The summed E-state index contributed by atoms with van der Waals surface area (Å²) < 4.78 is 4.92. The zero-order valence-electron chi connectivity index (χ0n) is 14.6. The highest BCUT2D eigenvalue weighted by Gasteiger charge is 2.54. The maximum Gasteiger partial charge on any atom is 0.397 e. The fourth-order valence-corrected chi connectivity index (χ4v) is 4.88. The van der Waals surface area contributed by atoms with Gasteiger partial charge in [-0.1, -0.05) is 6.07 Å². The number of nitrogens with zero attached hydrogens (tertiary/aromatic N) is 1. The van der Waals surface area contributed by atoms with Gasteiger partial charge in [0.15, 0.2) is 0 Å². The Kier molecular flexibility index (Phi) is 6.34. The van der Waals surface area contributed by atoms with E-state index in [1.54, 1.807) is 0 Å². The van der Waals surface area contributed by atoms with E-state index < -0.39 is 29.3 Å². The zero-order chi connectivity index (χ0) is 20.3. The Morgan fingerprint density at radius 2 is 2.18 bits per heavy atom. The van der Waals surface area contributed by atoms with E-state index >= 15 is 0 Å². The molecule has 3 rings (SSSR count). The summed E-state index contributed by atoms with van der Waals surface area (Å²) in [7, 11) is 0. The molecule has 2 amide bonds. The third-order valence-electron chi connectivity index (χ3n) is 4.04. The maximum absolute atomic E-state index is 12.6. The van der Waals surface area contributed by atoms with Crippen LogP contribution in [-0.4, -0.2) is 57.7 Å². The molecule has 3 heterocycles. The molecule has 1 fully saturated rings. The van der Waals surface area contributed by atoms with Crippen molar-refractivity contribution >= 4 is 46.9 Å². The molecule has 0 spiro atoms. The maximum atomic E-state index is 12.6. The third kappa shape index (κ3) is 4.19. The van der Waals surface area contributed by atoms with Gasteiger partial charge in [-0.25, -0.2) is 14.9 Å². The van der Waals surface area contributed by atoms with Crippen LogP contribution in [-0.2, 0) is 40.3 Å². The normalized spacial score (nSPS) is 20.9. The average molecular weight is 429 g/mol. The van der Waals surface area contributed by atoms with Crippen LogP contribution in [0.3, 0.4) is 0 Å². The molecule has 3 N–H and O–H groups in total. The molecular formula is C16H17N2O8S2+. The molecule has 0 aliphatic carbocycles. The smallest absolute Gasteiger partial charge is 0.397 e. The monoisotopic (exact) mass is 429 g/mol. The predicted octanol–water partition coefficient (Wildman–Crippen LogP) is -0.378. The van der Waals surface area contributed by atoms with Gasteiger partial charge in [-0.2, -0.15) is 0 Å². The van der Waals surface area contributed by atoms with Crippen LogP contribution >= 0.6 is 23.1 Å². The standard InChI is InChI=1S/C16H16N2O8S2/c1-8(19)24-6-9-7-28-15-12(17-11(20)5-10-3-2-4-27-10)14(21)18(15)13(9)16(22)25-26-23/h2-4,12,15,23H,5-7H2,1H3,(H,17,20)/p+1. The highest BCUT2D eigenvalue weighted by atomic mass is 32.2. The van der Waals surface area contributed by atoms with Crippen LogP contribution in [0.1, 0.15) is 11.8 Å². The molecule has 0 saturated carbocycles. The minimum absolute atomic E-state index is 0.133. The lowest BCUT2D eigenvalue weighted by Gasteiger charge is -2.49. The van der Waals surface area contributed by atoms with Crippen molar-refractivity contribution in [2.45, 2.75) is 24.8 Å². The van der Waals surface area contributed by atoms with Gasteiger partial charge in [0, 0.05) is 23.1 Å². The number of carbonyl (C=O) groups is 4. The van der Waals surface area contributed by atoms with Crippen molar-refractivity contribution in [2.75, 3.05) is 12.4 Å². The average Bonchev–Trinajstić information content (AvgIpc) is 3.16. The summed E-state index contributed by atoms with van der Waals surface area (Å²) in [5, 5.41) is 14.3. The number of β-lactam (4-membered cyclic amide) rings is 1. The number of esters is 1. The number of nitrogens with one attached hydrogen (secondary N) is 1. The predicted molar refractivity (Wildman–Crippen MR) is 97.5 cm³/mol. The molecule has 2 aliphatic rings. The van der Waals surface area contributed by atoms with Crippen molar-refractivity contribution in [3.63, 3.8) is 0 Å². The number of fused-ring (bicyclic) bond motifs is 1. The molecule has 2 unspecified atom stereocenters. The van der Waals surface area contributed by atoms with Gasteiger partial charge in [0.1, 0.15) is 28.8 Å². The summed E-state index contributed by atoms with van der Waals surface area (Å²) in [6.45, 7) is 1.02. The summed E-state index contributed by atoms with van der Waals surface area (Å²) >= 11 is 2.76. The Balaban J connectivity index is 1.73. The van der Waals surface area contributed by atoms with E-state index in [1.165, 1.54) is 34.9 Å². The molecule has 1 saturated heterocycles. The second kappa shape index (κ2) is 8.73. The molecule has 0 bridgehead atoms. The van der Waals surface area contributed by atoms with E-state index in [9.17, 15) is 19.2 Å². The van der Waals surface area contributed by atoms with Crippen LogP contribution in [0.4, 0.5) is 0 Å². The van der Waals surface area contributed by atoms with Crippen LogP contribution in [0.15, 0.2) is 28.8 Å². The van der Waals surface area contributed by atoms with Crippen LogP contribution in [0.2, 0.25) is 0 Å². The van der Waals surface area contributed by atoms with E-state index in [1.807, 2.05) is 17.5 Å². The number of thioether (sulfide) groups is 1. The van der Waals surface area contributed by atoms with Gasteiger partial charge in [0.2, 0.25) is 5.91 Å². The summed E-state index contributed by atoms with van der Waals surface area (Å²) in [4.78, 5) is 54.3. The van der Waals surface area contributed by atoms with Crippen molar-refractivity contribution in [1.82, 2.24) is 10.2 Å². The highest BCUT2D eigenvalue weighted by Crippen LogP contribution is 2.40. The Labute approximate surface area is 167 Å². The highest BCUT2D eigenvalue weighted by molar-refractivity contribution is 8.00. The molecule has 0 radical (unpaired) electrons. The van der Waals surface area contributed by atoms with Gasteiger partial charge in [0.05, 0.1) is 6.42 Å². The van der Waals surface area contributed by atoms with Gasteiger partial charge in [-0.15, -0.1) is 23.1 Å². The number of amides is 2. The topological polar surface area (TPSA) is 134 Å². The molecule has 1 aromatic rings. The Hall–Kier alpha value is -2.41. The van der Waals surface area contributed by atoms with Crippen molar-refractivity contribution in [1.29, 1.82) is 0 Å². The lowest BCUT2D eigenvalue weighted by Crippen LogP contribution is -2.70. The number of ether oxygens (including phenoxy) is 1. The van der Waals surface area contributed by atoms with Gasteiger partial charge >= 0.3 is 11.9 Å². The first-order valence-corrected chi connectivity index (χ1v) is 10.0. The van der Waals surface area contributed by atoms with E-state index in [-0.39, 0.29) is 30.4 Å². The first kappa shape index (κ1) is 20.3. The summed E-state index contributed by atoms with van der Waals surface area (Å²) in [6.07, 6.45) is 0.161. The quantitative estimate of drug-likeness (QED) is 0.204. The van der Waals surface area contributed by atoms with Gasteiger partial charge in [0.25, 0.3) is 5.91 Å². The van der Waals surface area contributed by atoms with Crippen molar-refractivity contribution in [3.8, 4) is 0 Å².